The van der Waals surface area contributed by atoms with Crippen LogP contribution in [0.2, 0.25) is 0 Å². The van der Waals surface area contributed by atoms with Crippen LogP contribution < -0.4 is 10.0 Å². The van der Waals surface area contributed by atoms with Gasteiger partial charge in [-0.05, 0) is 44.0 Å². The summed E-state index contributed by atoms with van der Waals surface area (Å²) in [6, 6.07) is 3.17. The Balaban J connectivity index is 0.00000162. The summed E-state index contributed by atoms with van der Waals surface area (Å²) in [7, 11) is -3.38. The van der Waals surface area contributed by atoms with E-state index in [9.17, 15) is 8.42 Å². The summed E-state index contributed by atoms with van der Waals surface area (Å²) >= 11 is 0. The molecule has 1 atom stereocenters. The maximum Gasteiger partial charge on any atom is 0.242 e. The van der Waals surface area contributed by atoms with Gasteiger partial charge in [0.25, 0.3) is 0 Å². The van der Waals surface area contributed by atoms with Gasteiger partial charge in [0, 0.05) is 18.9 Å². The van der Waals surface area contributed by atoms with Gasteiger partial charge in [0.05, 0.1) is 0 Å². The van der Waals surface area contributed by atoms with Crippen molar-refractivity contribution in [3.05, 3.63) is 24.5 Å². The van der Waals surface area contributed by atoms with Crippen molar-refractivity contribution in [1.29, 1.82) is 0 Å². The third-order valence-electron chi connectivity index (χ3n) is 2.95. The highest BCUT2D eigenvalue weighted by molar-refractivity contribution is 7.89. The van der Waals surface area contributed by atoms with Gasteiger partial charge in [-0.15, -0.1) is 12.4 Å². The van der Waals surface area contributed by atoms with Crippen LogP contribution in [0, 0.1) is 5.92 Å². The van der Waals surface area contributed by atoms with E-state index in [1.54, 1.807) is 18.3 Å². The van der Waals surface area contributed by atoms with E-state index in [-0.39, 0.29) is 17.3 Å². The zero-order chi connectivity index (χ0) is 12.1. The predicted octanol–water partition coefficient (Wildman–Crippen LogP) is 0.781. The fourth-order valence-corrected chi connectivity index (χ4v) is 2.96. The molecule has 5 nitrogen and oxygen atoms in total. The molecule has 0 radical (unpaired) electrons. The summed E-state index contributed by atoms with van der Waals surface area (Å²) in [5, 5.41) is 3.26. The summed E-state index contributed by atoms with van der Waals surface area (Å²) in [5.74, 6) is 0.589. The predicted molar refractivity (Wildman–Crippen MR) is 72.3 cm³/mol. The van der Waals surface area contributed by atoms with Crippen LogP contribution in [0.5, 0.6) is 0 Å². The lowest BCUT2D eigenvalue weighted by Gasteiger charge is -2.09. The molecule has 102 valence electrons. The summed E-state index contributed by atoms with van der Waals surface area (Å²) in [5.41, 5.74) is 0. The lowest BCUT2D eigenvalue weighted by molar-refractivity contribution is 0.519. The number of nitrogens with one attached hydrogen (secondary N) is 2. The molecular formula is C11H18ClN3O2S. The van der Waals surface area contributed by atoms with Crippen LogP contribution in [0.15, 0.2) is 29.4 Å². The normalized spacial score (nSPS) is 19.4. The molecule has 1 aliphatic heterocycles. The average Bonchev–Trinajstić information content (AvgIpc) is 2.83. The zero-order valence-corrected chi connectivity index (χ0v) is 11.6. The molecule has 0 spiro atoms. The number of hydrogen-bond acceptors (Lipinski definition) is 4. The Morgan fingerprint density at radius 3 is 2.94 bits per heavy atom. The van der Waals surface area contributed by atoms with E-state index in [1.165, 1.54) is 6.20 Å². The Kier molecular flexibility index (Phi) is 6.01. The standard InChI is InChI=1S/C11H17N3O2S.ClH/c15-17(16,11-2-1-5-12-9-11)14-7-4-10-3-6-13-8-10;/h1-2,5,9-10,13-14H,3-4,6-8H2;1H. The van der Waals surface area contributed by atoms with E-state index in [2.05, 4.69) is 15.0 Å². The quantitative estimate of drug-likeness (QED) is 0.841. The van der Waals surface area contributed by atoms with Crippen molar-refractivity contribution in [2.24, 2.45) is 5.92 Å². The van der Waals surface area contributed by atoms with Crippen molar-refractivity contribution in [2.75, 3.05) is 19.6 Å². The molecule has 7 heteroatoms. The molecule has 1 aliphatic rings. The Hall–Kier alpha value is -0.690. The number of aromatic nitrogens is 1. The summed E-state index contributed by atoms with van der Waals surface area (Å²) < 4.78 is 26.3. The fraction of sp³-hybridized carbons (Fsp3) is 0.545. The molecule has 18 heavy (non-hydrogen) atoms. The Labute approximate surface area is 114 Å². The van der Waals surface area contributed by atoms with E-state index in [4.69, 9.17) is 0 Å². The number of pyridine rings is 1. The Bertz CT molecular complexity index is 447. The van der Waals surface area contributed by atoms with Crippen molar-refractivity contribution < 1.29 is 8.42 Å². The largest absolute Gasteiger partial charge is 0.316 e. The van der Waals surface area contributed by atoms with Crippen LogP contribution in [0.3, 0.4) is 0 Å². The zero-order valence-electron chi connectivity index (χ0n) is 10.0. The molecule has 2 heterocycles. The van der Waals surface area contributed by atoms with Gasteiger partial charge >= 0.3 is 0 Å². The minimum absolute atomic E-state index is 0. The second kappa shape index (κ2) is 7.04. The van der Waals surface area contributed by atoms with Crippen molar-refractivity contribution in [3.8, 4) is 0 Å². The lowest BCUT2D eigenvalue weighted by atomic mass is 10.1. The highest BCUT2D eigenvalue weighted by Crippen LogP contribution is 2.12. The topological polar surface area (TPSA) is 71.1 Å². The lowest BCUT2D eigenvalue weighted by Crippen LogP contribution is -2.26. The van der Waals surface area contributed by atoms with Crippen molar-refractivity contribution in [1.82, 2.24) is 15.0 Å². The monoisotopic (exact) mass is 291 g/mol. The first-order valence-corrected chi connectivity index (χ1v) is 7.27. The number of sulfonamides is 1. The van der Waals surface area contributed by atoms with Gasteiger partial charge in [-0.3, -0.25) is 4.98 Å². The van der Waals surface area contributed by atoms with E-state index in [1.807, 2.05) is 0 Å². The van der Waals surface area contributed by atoms with Gasteiger partial charge in [-0.1, -0.05) is 0 Å². The van der Waals surface area contributed by atoms with Gasteiger partial charge in [-0.2, -0.15) is 0 Å². The molecule has 1 unspecified atom stereocenters. The first kappa shape index (κ1) is 15.4. The molecule has 0 amide bonds. The molecule has 0 aromatic carbocycles. The number of nitrogens with zero attached hydrogens (tertiary/aromatic N) is 1. The van der Waals surface area contributed by atoms with Crippen LogP contribution in [-0.2, 0) is 10.0 Å². The van der Waals surface area contributed by atoms with Gasteiger partial charge in [0.2, 0.25) is 10.0 Å². The number of rotatable bonds is 5. The molecule has 2 N–H and O–H groups in total. The van der Waals surface area contributed by atoms with E-state index >= 15 is 0 Å². The smallest absolute Gasteiger partial charge is 0.242 e. The second-order valence-electron chi connectivity index (χ2n) is 4.23. The molecule has 0 saturated carbocycles. The van der Waals surface area contributed by atoms with Crippen molar-refractivity contribution >= 4 is 22.4 Å². The van der Waals surface area contributed by atoms with E-state index < -0.39 is 10.0 Å². The van der Waals surface area contributed by atoms with Crippen LogP contribution in [0.25, 0.3) is 0 Å². The third-order valence-corrected chi connectivity index (χ3v) is 4.40. The Morgan fingerprint density at radius 1 is 1.50 bits per heavy atom. The summed E-state index contributed by atoms with van der Waals surface area (Å²) in [6.07, 6.45) is 4.93. The maximum atomic E-state index is 11.8. The molecular weight excluding hydrogens is 274 g/mol. The van der Waals surface area contributed by atoms with Gasteiger partial charge in [0.1, 0.15) is 4.90 Å². The minimum atomic E-state index is -3.38. The van der Waals surface area contributed by atoms with Gasteiger partial charge in [-0.25, -0.2) is 13.1 Å². The number of halogens is 1. The van der Waals surface area contributed by atoms with Gasteiger partial charge < -0.3 is 5.32 Å². The van der Waals surface area contributed by atoms with Crippen LogP contribution in [0.1, 0.15) is 12.8 Å². The van der Waals surface area contributed by atoms with Crippen molar-refractivity contribution in [2.45, 2.75) is 17.7 Å². The molecule has 1 aromatic heterocycles. The molecule has 2 rings (SSSR count). The Morgan fingerprint density at radius 2 is 2.33 bits per heavy atom. The molecule has 1 fully saturated rings. The summed E-state index contributed by atoms with van der Waals surface area (Å²) in [6.45, 7) is 2.53. The molecule has 1 aromatic rings. The number of hydrogen-bond donors (Lipinski definition) is 2. The molecule has 0 aliphatic carbocycles. The first-order chi connectivity index (χ1) is 8.18. The summed E-state index contributed by atoms with van der Waals surface area (Å²) in [4.78, 5) is 4.03. The van der Waals surface area contributed by atoms with Crippen LogP contribution in [0.4, 0.5) is 0 Å². The minimum Gasteiger partial charge on any atom is -0.316 e. The maximum absolute atomic E-state index is 11.8. The van der Waals surface area contributed by atoms with Crippen LogP contribution in [-0.4, -0.2) is 33.0 Å². The van der Waals surface area contributed by atoms with E-state index in [0.717, 1.165) is 25.9 Å². The molecule has 0 bridgehead atoms. The molecule has 1 saturated heterocycles. The highest BCUT2D eigenvalue weighted by Gasteiger charge is 2.17. The fourth-order valence-electron chi connectivity index (χ4n) is 1.95. The van der Waals surface area contributed by atoms with Crippen molar-refractivity contribution in [3.63, 3.8) is 0 Å². The third kappa shape index (κ3) is 4.20. The first-order valence-electron chi connectivity index (χ1n) is 5.79. The van der Waals surface area contributed by atoms with Gasteiger partial charge in [0.15, 0.2) is 0 Å². The average molecular weight is 292 g/mol. The van der Waals surface area contributed by atoms with Crippen LogP contribution >= 0.6 is 12.4 Å². The highest BCUT2D eigenvalue weighted by atomic mass is 35.5. The van der Waals surface area contributed by atoms with E-state index in [0.29, 0.717) is 12.5 Å². The second-order valence-corrected chi connectivity index (χ2v) is 6.00. The SMILES string of the molecule is Cl.O=S(=O)(NCCC1CCNC1)c1cccnc1.